The highest BCUT2D eigenvalue weighted by Crippen LogP contribution is 2.01. The number of thioether (sulfide) groups is 1. The Hall–Kier alpha value is -0.550. The van der Waals surface area contributed by atoms with E-state index in [2.05, 4.69) is 0 Å². The number of rotatable bonds is 5. The van der Waals surface area contributed by atoms with Crippen molar-refractivity contribution in [2.75, 3.05) is 11.5 Å². The predicted octanol–water partition coefficient (Wildman–Crippen LogP) is 0.747. The van der Waals surface area contributed by atoms with E-state index >= 15 is 0 Å². The lowest BCUT2D eigenvalue weighted by molar-refractivity contribution is -0.137. The fourth-order valence-corrected chi connectivity index (χ4v) is 1.20. The maximum absolute atomic E-state index is 10.4. The third-order valence-electron chi connectivity index (χ3n) is 0.920. The van der Waals surface area contributed by atoms with Crippen LogP contribution < -0.4 is 5.73 Å². The molecule has 0 aliphatic heterocycles. The largest absolute Gasteiger partial charge is 0.480 e. The maximum atomic E-state index is 10.4. The van der Waals surface area contributed by atoms with Crippen molar-refractivity contribution in [1.29, 1.82) is 0 Å². The van der Waals surface area contributed by atoms with Gasteiger partial charge in [0.05, 0.1) is 5.75 Å². The van der Waals surface area contributed by atoms with Gasteiger partial charge in [0, 0.05) is 5.75 Å². The first-order valence-corrected chi connectivity index (χ1v) is 5.25. The number of ketones is 1. The zero-order valence-electron chi connectivity index (χ0n) is 8.24. The van der Waals surface area contributed by atoms with Gasteiger partial charge >= 0.3 is 5.97 Å². The van der Waals surface area contributed by atoms with E-state index in [1.807, 2.05) is 13.8 Å². The molecule has 0 bridgehead atoms. The van der Waals surface area contributed by atoms with E-state index in [1.165, 1.54) is 18.7 Å². The second-order valence-corrected chi connectivity index (χ2v) is 3.19. The van der Waals surface area contributed by atoms with Gasteiger partial charge in [-0.15, -0.1) is 0 Å². The summed E-state index contributed by atoms with van der Waals surface area (Å²) in [5.74, 6) is -0.371. The highest BCUT2D eigenvalue weighted by molar-refractivity contribution is 8.00. The molecule has 1 atom stereocenters. The van der Waals surface area contributed by atoms with Gasteiger partial charge in [-0.2, -0.15) is 11.8 Å². The Balaban J connectivity index is 0. The highest BCUT2D eigenvalue weighted by atomic mass is 32.2. The van der Waals surface area contributed by atoms with Crippen LogP contribution in [-0.4, -0.2) is 34.4 Å². The topological polar surface area (TPSA) is 80.4 Å². The number of carboxylic acid groups (broad SMARTS) is 1. The predicted molar refractivity (Wildman–Crippen MR) is 55.0 cm³/mol. The monoisotopic (exact) mass is 207 g/mol. The smallest absolute Gasteiger partial charge is 0.321 e. The summed E-state index contributed by atoms with van der Waals surface area (Å²) in [6, 6.07) is -0.862. The number of carbonyl (C=O) groups is 2. The molecule has 0 rings (SSSR count). The summed E-state index contributed by atoms with van der Waals surface area (Å²) >= 11 is 1.24. The van der Waals surface area contributed by atoms with Crippen molar-refractivity contribution < 1.29 is 14.7 Å². The van der Waals surface area contributed by atoms with Gasteiger partial charge in [0.25, 0.3) is 0 Å². The molecule has 5 heteroatoms. The van der Waals surface area contributed by atoms with Gasteiger partial charge in [0.2, 0.25) is 0 Å². The van der Waals surface area contributed by atoms with Crippen LogP contribution in [0.4, 0.5) is 0 Å². The molecule has 4 nitrogen and oxygen atoms in total. The second-order valence-electron chi connectivity index (χ2n) is 2.16. The minimum Gasteiger partial charge on any atom is -0.480 e. The van der Waals surface area contributed by atoms with Gasteiger partial charge in [-0.25, -0.2) is 0 Å². The highest BCUT2D eigenvalue weighted by Gasteiger charge is 2.10. The van der Waals surface area contributed by atoms with Gasteiger partial charge in [-0.3, -0.25) is 9.59 Å². The van der Waals surface area contributed by atoms with Gasteiger partial charge in [0.1, 0.15) is 11.8 Å². The molecule has 0 fully saturated rings. The van der Waals surface area contributed by atoms with Crippen LogP contribution in [0.25, 0.3) is 0 Å². The molecule has 0 aromatic carbocycles. The van der Waals surface area contributed by atoms with Crippen molar-refractivity contribution >= 4 is 23.5 Å². The molecule has 78 valence electrons. The van der Waals surface area contributed by atoms with Crippen LogP contribution in [-0.2, 0) is 9.59 Å². The minimum absolute atomic E-state index is 0.0348. The lowest BCUT2D eigenvalue weighted by Crippen LogP contribution is -2.32. The second kappa shape index (κ2) is 9.54. The van der Waals surface area contributed by atoms with E-state index < -0.39 is 12.0 Å². The number of aliphatic carboxylic acids is 1. The number of Topliss-reactive ketones (excluding diaryl/α,β-unsaturated/α-hetero) is 1. The third kappa shape index (κ3) is 11.5. The molecule has 0 saturated heterocycles. The van der Waals surface area contributed by atoms with E-state index in [-0.39, 0.29) is 11.5 Å². The number of nitrogens with two attached hydrogens (primary N) is 1. The van der Waals surface area contributed by atoms with Crippen molar-refractivity contribution in [1.82, 2.24) is 0 Å². The SMILES string of the molecule is CC.CC(=O)CSCC(N)C(=O)O. The van der Waals surface area contributed by atoms with E-state index in [0.717, 1.165) is 0 Å². The normalized spacial score (nSPS) is 11.1. The van der Waals surface area contributed by atoms with Crippen LogP contribution in [0, 0.1) is 0 Å². The molecule has 0 heterocycles. The van der Waals surface area contributed by atoms with Crippen LogP contribution in [0.3, 0.4) is 0 Å². The molecule has 13 heavy (non-hydrogen) atoms. The molecule has 1 unspecified atom stereocenters. The van der Waals surface area contributed by atoms with Crippen LogP contribution in [0.15, 0.2) is 0 Å². The summed E-state index contributed by atoms with van der Waals surface area (Å²) in [6.07, 6.45) is 0. The summed E-state index contributed by atoms with van der Waals surface area (Å²) in [4.78, 5) is 20.5. The Kier molecular flexibility index (Phi) is 11.0. The van der Waals surface area contributed by atoms with Crippen LogP contribution in [0.2, 0.25) is 0 Å². The first-order chi connectivity index (χ1) is 6.04. The zero-order chi connectivity index (χ0) is 10.9. The average molecular weight is 207 g/mol. The summed E-state index contributed by atoms with van der Waals surface area (Å²) in [6.45, 7) is 5.46. The Morgan fingerprint density at radius 2 is 1.92 bits per heavy atom. The summed E-state index contributed by atoms with van der Waals surface area (Å²) in [5, 5.41) is 8.32. The Morgan fingerprint density at radius 1 is 1.46 bits per heavy atom. The Labute approximate surface area is 82.9 Å². The number of hydrogen-bond acceptors (Lipinski definition) is 4. The van der Waals surface area contributed by atoms with Gasteiger partial charge in [0.15, 0.2) is 0 Å². The number of carbonyl (C=O) groups excluding carboxylic acids is 1. The van der Waals surface area contributed by atoms with E-state index in [1.54, 1.807) is 0 Å². The third-order valence-corrected chi connectivity index (χ3v) is 2.13. The molecule has 0 spiro atoms. The molecular weight excluding hydrogens is 190 g/mol. The molecule has 0 aromatic rings. The van der Waals surface area contributed by atoms with Crippen molar-refractivity contribution in [3.63, 3.8) is 0 Å². The fourth-order valence-electron chi connectivity index (χ4n) is 0.401. The van der Waals surface area contributed by atoms with Crippen molar-refractivity contribution in [3.8, 4) is 0 Å². The maximum Gasteiger partial charge on any atom is 0.321 e. The number of hydrogen-bond donors (Lipinski definition) is 2. The molecular formula is C8H17NO3S. The quantitative estimate of drug-likeness (QED) is 0.695. The zero-order valence-corrected chi connectivity index (χ0v) is 9.06. The van der Waals surface area contributed by atoms with Gasteiger partial charge in [-0.1, -0.05) is 13.8 Å². The standard InChI is InChI=1S/C6H11NO3S.C2H6/c1-4(8)2-11-3-5(7)6(9)10;1-2/h5H,2-3,7H2,1H3,(H,9,10);1-2H3. The van der Waals surface area contributed by atoms with E-state index in [4.69, 9.17) is 10.8 Å². The molecule has 0 aliphatic rings. The summed E-state index contributed by atoms with van der Waals surface area (Å²) in [7, 11) is 0. The van der Waals surface area contributed by atoms with Crippen molar-refractivity contribution in [2.45, 2.75) is 26.8 Å². The van der Waals surface area contributed by atoms with Crippen LogP contribution in [0.1, 0.15) is 20.8 Å². The van der Waals surface area contributed by atoms with E-state index in [0.29, 0.717) is 5.75 Å². The van der Waals surface area contributed by atoms with Crippen molar-refractivity contribution in [3.05, 3.63) is 0 Å². The molecule has 3 N–H and O–H groups in total. The molecule has 0 aliphatic carbocycles. The summed E-state index contributed by atoms with van der Waals surface area (Å²) in [5.41, 5.74) is 5.17. The molecule has 0 saturated carbocycles. The van der Waals surface area contributed by atoms with Gasteiger partial charge in [-0.05, 0) is 6.92 Å². The first kappa shape index (κ1) is 14.9. The lowest BCUT2D eigenvalue weighted by atomic mass is 10.4. The van der Waals surface area contributed by atoms with Crippen LogP contribution >= 0.6 is 11.8 Å². The molecule has 0 aromatic heterocycles. The Morgan fingerprint density at radius 3 is 2.23 bits per heavy atom. The Bertz CT molecular complexity index is 161. The molecule has 0 radical (unpaired) electrons. The minimum atomic E-state index is -1.03. The lowest BCUT2D eigenvalue weighted by Gasteiger charge is -2.03. The van der Waals surface area contributed by atoms with Crippen molar-refractivity contribution in [2.24, 2.45) is 5.73 Å². The van der Waals surface area contributed by atoms with Gasteiger partial charge < -0.3 is 10.8 Å². The summed E-state index contributed by atoms with van der Waals surface area (Å²) < 4.78 is 0. The number of carboxylic acids is 1. The van der Waals surface area contributed by atoms with E-state index in [9.17, 15) is 9.59 Å². The van der Waals surface area contributed by atoms with Crippen LogP contribution in [0.5, 0.6) is 0 Å². The molecule has 0 amide bonds. The average Bonchev–Trinajstić information content (AvgIpc) is 2.07. The fraction of sp³-hybridized carbons (Fsp3) is 0.750. The first-order valence-electron chi connectivity index (χ1n) is 4.09.